The lowest BCUT2D eigenvalue weighted by Crippen LogP contribution is -2.47. The third-order valence-electron chi connectivity index (χ3n) is 5.12. The highest BCUT2D eigenvalue weighted by Gasteiger charge is 2.48. The van der Waals surface area contributed by atoms with Crippen LogP contribution < -0.4 is 4.74 Å². The van der Waals surface area contributed by atoms with E-state index in [0.29, 0.717) is 29.9 Å². The SMILES string of the molecule is O=C(c1cccnc1)N1[C@@H]2CC[C@H](C2)[C@@H]1COc1ccc(F)cc1. The largest absolute Gasteiger partial charge is 0.491 e. The Hall–Kier alpha value is -2.43. The van der Waals surface area contributed by atoms with Crippen molar-refractivity contribution in [2.24, 2.45) is 5.92 Å². The van der Waals surface area contributed by atoms with E-state index in [1.54, 1.807) is 36.7 Å². The number of benzene rings is 1. The second kappa shape index (κ2) is 6.23. The van der Waals surface area contributed by atoms with E-state index >= 15 is 0 Å². The fourth-order valence-electron chi connectivity index (χ4n) is 3.98. The molecule has 1 saturated heterocycles. The molecule has 1 aromatic heterocycles. The summed E-state index contributed by atoms with van der Waals surface area (Å²) in [6, 6.07) is 9.96. The van der Waals surface area contributed by atoms with Crippen molar-refractivity contribution >= 4 is 5.91 Å². The predicted octanol–water partition coefficient (Wildman–Crippen LogP) is 3.29. The summed E-state index contributed by atoms with van der Waals surface area (Å²) in [6.45, 7) is 0.443. The smallest absolute Gasteiger partial charge is 0.256 e. The van der Waals surface area contributed by atoms with Gasteiger partial charge in [-0.15, -0.1) is 0 Å². The number of amides is 1. The summed E-state index contributed by atoms with van der Waals surface area (Å²) in [5, 5.41) is 0. The van der Waals surface area contributed by atoms with Crippen LogP contribution in [0.4, 0.5) is 4.39 Å². The fraction of sp³-hybridized carbons (Fsp3) is 0.368. The maximum absolute atomic E-state index is 13.0. The number of hydrogen-bond donors (Lipinski definition) is 0. The molecular formula is C19H19FN2O2. The van der Waals surface area contributed by atoms with Crippen LogP contribution in [0, 0.1) is 11.7 Å². The average Bonchev–Trinajstić information content (AvgIpc) is 3.23. The van der Waals surface area contributed by atoms with E-state index in [9.17, 15) is 9.18 Å². The van der Waals surface area contributed by atoms with Crippen LogP contribution in [-0.4, -0.2) is 34.5 Å². The first-order valence-corrected chi connectivity index (χ1v) is 8.33. The number of rotatable bonds is 4. The van der Waals surface area contributed by atoms with Gasteiger partial charge < -0.3 is 9.64 Å². The number of halogens is 1. The minimum atomic E-state index is -0.282. The number of carbonyl (C=O) groups excluding carboxylic acids is 1. The molecule has 2 aliphatic rings. The third kappa shape index (κ3) is 2.75. The Kier molecular flexibility index (Phi) is 3.92. The topological polar surface area (TPSA) is 42.4 Å². The summed E-state index contributed by atoms with van der Waals surface area (Å²) in [5.74, 6) is 0.864. The molecule has 2 fully saturated rings. The Bertz CT molecular complexity index is 720. The molecule has 0 radical (unpaired) electrons. The molecule has 2 aromatic rings. The van der Waals surface area contributed by atoms with Crippen molar-refractivity contribution < 1.29 is 13.9 Å². The van der Waals surface area contributed by atoms with E-state index < -0.39 is 0 Å². The van der Waals surface area contributed by atoms with Crippen LogP contribution in [0.15, 0.2) is 48.8 Å². The second-order valence-corrected chi connectivity index (χ2v) is 6.51. The average molecular weight is 326 g/mol. The molecule has 1 aliphatic heterocycles. The molecule has 2 bridgehead atoms. The number of hydrogen-bond acceptors (Lipinski definition) is 3. The maximum atomic E-state index is 13.0. The molecule has 3 atom stereocenters. The zero-order chi connectivity index (χ0) is 16.5. The van der Waals surface area contributed by atoms with E-state index in [2.05, 4.69) is 4.98 Å². The minimum absolute atomic E-state index is 0.0306. The highest BCUT2D eigenvalue weighted by Crippen LogP contribution is 2.43. The third-order valence-corrected chi connectivity index (χ3v) is 5.12. The maximum Gasteiger partial charge on any atom is 0.256 e. The molecule has 1 aliphatic carbocycles. The zero-order valence-electron chi connectivity index (χ0n) is 13.3. The predicted molar refractivity (Wildman–Crippen MR) is 87.2 cm³/mol. The Balaban J connectivity index is 1.50. The van der Waals surface area contributed by atoms with Crippen molar-refractivity contribution in [2.75, 3.05) is 6.61 Å². The van der Waals surface area contributed by atoms with E-state index in [4.69, 9.17) is 4.74 Å². The van der Waals surface area contributed by atoms with Gasteiger partial charge in [-0.05, 0) is 61.6 Å². The van der Waals surface area contributed by atoms with Gasteiger partial charge >= 0.3 is 0 Å². The first-order chi connectivity index (χ1) is 11.7. The summed E-state index contributed by atoms with van der Waals surface area (Å²) >= 11 is 0. The van der Waals surface area contributed by atoms with Gasteiger partial charge in [-0.1, -0.05) is 0 Å². The van der Waals surface area contributed by atoms with Crippen molar-refractivity contribution in [3.8, 4) is 5.75 Å². The summed E-state index contributed by atoms with van der Waals surface area (Å²) in [6.07, 6.45) is 6.53. The van der Waals surface area contributed by atoms with Crippen molar-refractivity contribution in [1.82, 2.24) is 9.88 Å². The summed E-state index contributed by atoms with van der Waals surface area (Å²) in [4.78, 5) is 18.9. The Morgan fingerprint density at radius 2 is 2.08 bits per heavy atom. The van der Waals surface area contributed by atoms with Crippen molar-refractivity contribution in [1.29, 1.82) is 0 Å². The molecule has 5 heteroatoms. The minimum Gasteiger partial charge on any atom is -0.491 e. The van der Waals surface area contributed by atoms with Gasteiger partial charge in [-0.2, -0.15) is 0 Å². The number of fused-ring (bicyclic) bond motifs is 2. The van der Waals surface area contributed by atoms with Crippen molar-refractivity contribution in [3.05, 3.63) is 60.2 Å². The number of piperidine rings is 1. The van der Waals surface area contributed by atoms with Crippen LogP contribution in [0.1, 0.15) is 29.6 Å². The molecule has 24 heavy (non-hydrogen) atoms. The molecule has 0 spiro atoms. The van der Waals surface area contributed by atoms with Gasteiger partial charge in [0.25, 0.3) is 5.91 Å². The van der Waals surface area contributed by atoms with Gasteiger partial charge in [0, 0.05) is 18.4 Å². The molecule has 2 heterocycles. The lowest BCUT2D eigenvalue weighted by Gasteiger charge is -2.35. The lowest BCUT2D eigenvalue weighted by molar-refractivity contribution is 0.0505. The second-order valence-electron chi connectivity index (χ2n) is 6.51. The van der Waals surface area contributed by atoms with Crippen LogP contribution in [0.3, 0.4) is 0 Å². The summed E-state index contributed by atoms with van der Waals surface area (Å²) < 4.78 is 18.8. The van der Waals surface area contributed by atoms with Crippen LogP contribution in [0.2, 0.25) is 0 Å². The molecular weight excluding hydrogens is 307 g/mol. The highest BCUT2D eigenvalue weighted by atomic mass is 19.1. The van der Waals surface area contributed by atoms with Crippen LogP contribution in [0.5, 0.6) is 5.75 Å². The standard InChI is InChI=1S/C19H19FN2O2/c20-15-4-7-17(8-5-15)24-12-18-13-3-6-16(10-13)22(18)19(23)14-2-1-9-21-11-14/h1-2,4-5,7-9,11,13,16,18H,3,6,10,12H2/t13-,16-,18+/m1/s1. The number of pyridine rings is 1. The van der Waals surface area contributed by atoms with Crippen molar-refractivity contribution in [2.45, 2.75) is 31.3 Å². The van der Waals surface area contributed by atoms with Gasteiger partial charge in [-0.25, -0.2) is 4.39 Å². The molecule has 0 N–H and O–H groups in total. The zero-order valence-corrected chi connectivity index (χ0v) is 13.3. The van der Waals surface area contributed by atoms with Crippen LogP contribution in [0.25, 0.3) is 0 Å². The van der Waals surface area contributed by atoms with Crippen LogP contribution >= 0.6 is 0 Å². The molecule has 4 nitrogen and oxygen atoms in total. The Morgan fingerprint density at radius 1 is 1.25 bits per heavy atom. The van der Waals surface area contributed by atoms with E-state index in [0.717, 1.165) is 19.3 Å². The normalized spacial score (nSPS) is 25.0. The van der Waals surface area contributed by atoms with Gasteiger partial charge in [0.05, 0.1) is 11.6 Å². The quantitative estimate of drug-likeness (QED) is 0.866. The molecule has 1 amide bonds. The van der Waals surface area contributed by atoms with E-state index in [1.807, 2.05) is 4.90 Å². The first-order valence-electron chi connectivity index (χ1n) is 8.33. The number of nitrogens with zero attached hydrogens (tertiary/aromatic N) is 2. The molecule has 4 rings (SSSR count). The van der Waals surface area contributed by atoms with Crippen molar-refractivity contribution in [3.63, 3.8) is 0 Å². The number of aromatic nitrogens is 1. The number of ether oxygens (including phenoxy) is 1. The van der Waals surface area contributed by atoms with Gasteiger partial charge in [-0.3, -0.25) is 9.78 Å². The first kappa shape index (κ1) is 15.1. The lowest BCUT2D eigenvalue weighted by atomic mass is 9.99. The fourth-order valence-corrected chi connectivity index (χ4v) is 3.98. The monoisotopic (exact) mass is 326 g/mol. The summed E-state index contributed by atoms with van der Waals surface area (Å²) in [7, 11) is 0. The molecule has 0 unspecified atom stereocenters. The van der Waals surface area contributed by atoms with E-state index in [1.165, 1.54) is 12.1 Å². The van der Waals surface area contributed by atoms with Gasteiger partial charge in [0.15, 0.2) is 0 Å². The summed E-state index contributed by atoms with van der Waals surface area (Å²) in [5.41, 5.74) is 0.622. The molecule has 1 saturated carbocycles. The van der Waals surface area contributed by atoms with Gasteiger partial charge in [0.2, 0.25) is 0 Å². The number of carbonyl (C=O) groups is 1. The molecule has 124 valence electrons. The van der Waals surface area contributed by atoms with E-state index in [-0.39, 0.29) is 17.8 Å². The Labute approximate surface area is 140 Å². The molecule has 1 aromatic carbocycles. The van der Waals surface area contributed by atoms with Crippen LogP contribution in [-0.2, 0) is 0 Å². The number of likely N-dealkylation sites (tertiary alicyclic amines) is 1. The Morgan fingerprint density at radius 3 is 2.83 bits per heavy atom. The highest BCUT2D eigenvalue weighted by molar-refractivity contribution is 5.94. The van der Waals surface area contributed by atoms with Gasteiger partial charge in [0.1, 0.15) is 18.2 Å².